The lowest BCUT2D eigenvalue weighted by atomic mass is 9.96. The predicted octanol–water partition coefficient (Wildman–Crippen LogP) is 3.97. The van der Waals surface area contributed by atoms with E-state index in [-0.39, 0.29) is 11.8 Å². The highest BCUT2D eigenvalue weighted by molar-refractivity contribution is 5.87. The summed E-state index contributed by atoms with van der Waals surface area (Å²) in [6, 6.07) is 7.28. The Morgan fingerprint density at radius 1 is 1.07 bits per heavy atom. The fraction of sp³-hybridized carbons (Fsp3) is 0.667. The van der Waals surface area contributed by atoms with Crippen LogP contribution >= 0.6 is 0 Å². The normalized spacial score (nSPS) is 18.2. The number of carbonyl (C=O) groups excluding carboxylic acids is 1. The molecule has 5 heteroatoms. The van der Waals surface area contributed by atoms with Gasteiger partial charge in [0.1, 0.15) is 6.04 Å². The van der Waals surface area contributed by atoms with Gasteiger partial charge >= 0.3 is 5.97 Å². The SMILES string of the molecule is CC(C)Cc1ccc(C(C)C(=O)N[C@@H](CCC[N+]2(C)CCCCC2)C(=O)O)cc1. The maximum Gasteiger partial charge on any atom is 0.326 e. The van der Waals surface area contributed by atoms with Crippen LogP contribution in [0.1, 0.15) is 69.9 Å². The van der Waals surface area contributed by atoms with Crippen molar-refractivity contribution in [1.29, 1.82) is 0 Å². The van der Waals surface area contributed by atoms with E-state index in [0.717, 1.165) is 29.4 Å². The van der Waals surface area contributed by atoms with Crippen LogP contribution in [0.25, 0.3) is 0 Å². The molecule has 0 radical (unpaired) electrons. The van der Waals surface area contributed by atoms with Gasteiger partial charge in [0.2, 0.25) is 5.91 Å². The number of benzene rings is 1. The first-order chi connectivity index (χ1) is 13.7. The van der Waals surface area contributed by atoms with Crippen LogP contribution < -0.4 is 5.32 Å². The van der Waals surface area contributed by atoms with Gasteiger partial charge in [-0.3, -0.25) is 4.79 Å². The highest BCUT2D eigenvalue weighted by Crippen LogP contribution is 2.20. The second-order valence-corrected chi connectivity index (χ2v) is 9.45. The molecule has 2 rings (SSSR count). The molecule has 1 aliphatic rings. The number of aliphatic carboxylic acids is 1. The number of carbonyl (C=O) groups is 2. The average Bonchev–Trinajstić information content (AvgIpc) is 2.67. The molecule has 1 unspecified atom stereocenters. The Balaban J connectivity index is 1.88. The van der Waals surface area contributed by atoms with Gasteiger partial charge in [0.15, 0.2) is 0 Å². The Morgan fingerprint density at radius 2 is 1.69 bits per heavy atom. The Morgan fingerprint density at radius 3 is 2.24 bits per heavy atom. The molecule has 0 saturated carbocycles. The summed E-state index contributed by atoms with van der Waals surface area (Å²) in [5.74, 6) is -0.935. The second kappa shape index (κ2) is 10.8. The monoisotopic (exact) mass is 403 g/mol. The molecule has 1 fully saturated rings. The van der Waals surface area contributed by atoms with Crippen molar-refractivity contribution in [1.82, 2.24) is 5.32 Å². The van der Waals surface area contributed by atoms with Crippen LogP contribution in [0.5, 0.6) is 0 Å². The maximum atomic E-state index is 12.7. The smallest absolute Gasteiger partial charge is 0.326 e. The van der Waals surface area contributed by atoms with Crippen LogP contribution in [0.2, 0.25) is 0 Å². The van der Waals surface area contributed by atoms with Crippen molar-refractivity contribution in [3.63, 3.8) is 0 Å². The van der Waals surface area contributed by atoms with E-state index < -0.39 is 12.0 Å². The van der Waals surface area contributed by atoms with E-state index in [0.29, 0.717) is 12.3 Å². The van der Waals surface area contributed by atoms with Gasteiger partial charge < -0.3 is 14.9 Å². The van der Waals surface area contributed by atoms with E-state index in [1.807, 2.05) is 19.1 Å². The Kier molecular flexibility index (Phi) is 8.69. The van der Waals surface area contributed by atoms with Crippen LogP contribution in [0, 0.1) is 5.92 Å². The predicted molar refractivity (Wildman–Crippen MR) is 117 cm³/mol. The summed E-state index contributed by atoms with van der Waals surface area (Å²) in [7, 11) is 2.26. The molecule has 0 aliphatic carbocycles. The fourth-order valence-corrected chi connectivity index (χ4v) is 4.30. The standard InChI is InChI=1S/C24H38N2O3/c1-18(2)17-20-10-12-21(13-11-20)19(3)23(27)25-22(24(28)29)9-8-16-26(4)14-6-5-7-15-26/h10-13,18-19,22H,5-9,14-17H2,1-4H3,(H-,25,27,28,29)/p+1/t19?,22-/m0/s1. The molecule has 0 spiro atoms. The number of nitrogens with zero attached hydrogens (tertiary/aromatic N) is 1. The molecule has 1 saturated heterocycles. The molecule has 0 aromatic heterocycles. The van der Waals surface area contributed by atoms with E-state index in [4.69, 9.17) is 0 Å². The number of hydrogen-bond donors (Lipinski definition) is 2. The molecule has 29 heavy (non-hydrogen) atoms. The van der Waals surface area contributed by atoms with E-state index in [9.17, 15) is 14.7 Å². The zero-order valence-electron chi connectivity index (χ0n) is 18.6. The molecule has 5 nitrogen and oxygen atoms in total. The number of hydrogen-bond acceptors (Lipinski definition) is 2. The lowest BCUT2D eigenvalue weighted by Crippen LogP contribution is -2.49. The lowest BCUT2D eigenvalue weighted by molar-refractivity contribution is -0.914. The maximum absolute atomic E-state index is 12.7. The third-order valence-electron chi connectivity index (χ3n) is 6.22. The molecule has 2 atom stereocenters. The molecule has 1 heterocycles. The summed E-state index contributed by atoms with van der Waals surface area (Å²) in [4.78, 5) is 24.4. The van der Waals surface area contributed by atoms with Gasteiger partial charge in [-0.1, -0.05) is 38.1 Å². The average molecular weight is 404 g/mol. The van der Waals surface area contributed by atoms with Gasteiger partial charge in [-0.05, 0) is 62.5 Å². The summed E-state index contributed by atoms with van der Waals surface area (Å²) in [6.45, 7) is 9.53. The molecule has 1 aliphatic heterocycles. The molecule has 162 valence electrons. The number of carboxylic acids is 1. The van der Waals surface area contributed by atoms with Gasteiger partial charge in [0, 0.05) is 0 Å². The summed E-state index contributed by atoms with van der Waals surface area (Å²) in [5.41, 5.74) is 2.18. The number of rotatable bonds is 10. The van der Waals surface area contributed by atoms with Crippen LogP contribution in [0.15, 0.2) is 24.3 Å². The van der Waals surface area contributed by atoms with Crippen molar-refractivity contribution in [3.8, 4) is 0 Å². The van der Waals surface area contributed by atoms with Crippen molar-refractivity contribution in [3.05, 3.63) is 35.4 Å². The Labute approximate surface area is 176 Å². The molecular weight excluding hydrogens is 364 g/mol. The van der Waals surface area contributed by atoms with Crippen LogP contribution in [0.4, 0.5) is 0 Å². The van der Waals surface area contributed by atoms with Gasteiger partial charge in [-0.2, -0.15) is 0 Å². The zero-order valence-corrected chi connectivity index (χ0v) is 18.6. The third-order valence-corrected chi connectivity index (χ3v) is 6.22. The topological polar surface area (TPSA) is 66.4 Å². The van der Waals surface area contributed by atoms with Crippen LogP contribution in [-0.2, 0) is 16.0 Å². The van der Waals surface area contributed by atoms with Crippen molar-refractivity contribution in [2.45, 2.75) is 71.3 Å². The minimum atomic E-state index is -0.945. The van der Waals surface area contributed by atoms with Crippen molar-refractivity contribution in [2.75, 3.05) is 26.7 Å². The fourth-order valence-electron chi connectivity index (χ4n) is 4.30. The van der Waals surface area contributed by atoms with Crippen molar-refractivity contribution in [2.24, 2.45) is 5.92 Å². The van der Waals surface area contributed by atoms with E-state index >= 15 is 0 Å². The first-order valence-electron chi connectivity index (χ1n) is 11.2. The summed E-state index contributed by atoms with van der Waals surface area (Å²) < 4.78 is 1.03. The second-order valence-electron chi connectivity index (χ2n) is 9.45. The molecule has 1 amide bonds. The number of nitrogens with one attached hydrogen (secondary N) is 1. The molecular formula is C24H39N2O3+. The van der Waals surface area contributed by atoms with Crippen LogP contribution in [0.3, 0.4) is 0 Å². The quantitative estimate of drug-likeness (QED) is 0.581. The van der Waals surface area contributed by atoms with E-state index in [1.165, 1.54) is 37.9 Å². The van der Waals surface area contributed by atoms with Gasteiger partial charge in [-0.15, -0.1) is 0 Å². The first-order valence-corrected chi connectivity index (χ1v) is 11.2. The number of quaternary nitrogens is 1. The first kappa shape index (κ1) is 23.4. The third kappa shape index (κ3) is 7.46. The molecule has 1 aromatic carbocycles. The number of carboxylic acid groups (broad SMARTS) is 1. The highest BCUT2D eigenvalue weighted by atomic mass is 16.4. The molecule has 2 N–H and O–H groups in total. The minimum Gasteiger partial charge on any atom is -0.480 e. The summed E-state index contributed by atoms with van der Waals surface area (Å²) >= 11 is 0. The minimum absolute atomic E-state index is 0.215. The van der Waals surface area contributed by atoms with E-state index in [2.05, 4.69) is 38.3 Å². The Hall–Kier alpha value is -1.88. The van der Waals surface area contributed by atoms with Gasteiger partial charge in [-0.25, -0.2) is 4.79 Å². The van der Waals surface area contributed by atoms with Gasteiger partial charge in [0.25, 0.3) is 0 Å². The Bertz CT molecular complexity index is 663. The van der Waals surface area contributed by atoms with E-state index in [1.54, 1.807) is 0 Å². The molecule has 0 bridgehead atoms. The van der Waals surface area contributed by atoms with Crippen LogP contribution in [-0.4, -0.2) is 54.2 Å². The molecule has 1 aromatic rings. The van der Waals surface area contributed by atoms with Crippen molar-refractivity contribution < 1.29 is 19.2 Å². The number of likely N-dealkylation sites (tertiary alicyclic amines) is 1. The van der Waals surface area contributed by atoms with Crippen molar-refractivity contribution >= 4 is 11.9 Å². The zero-order chi connectivity index (χ0) is 21.4. The number of piperidine rings is 1. The largest absolute Gasteiger partial charge is 0.480 e. The number of amides is 1. The van der Waals surface area contributed by atoms with Gasteiger partial charge in [0.05, 0.1) is 32.6 Å². The summed E-state index contributed by atoms with van der Waals surface area (Å²) in [6.07, 6.45) is 6.12. The lowest BCUT2D eigenvalue weighted by Gasteiger charge is -2.38. The summed E-state index contributed by atoms with van der Waals surface area (Å²) in [5, 5.41) is 12.3. The highest BCUT2D eigenvalue weighted by Gasteiger charge is 2.27.